The van der Waals surface area contributed by atoms with Crippen LogP contribution in [-0.2, 0) is 0 Å². The third-order valence-corrected chi connectivity index (χ3v) is 3.29. The molecule has 0 spiro atoms. The molecule has 0 aliphatic carbocycles. The molecule has 0 aliphatic rings. The molecule has 76 valence electrons. The van der Waals surface area contributed by atoms with Crippen molar-refractivity contribution >= 4 is 33.0 Å². The van der Waals surface area contributed by atoms with Crippen LogP contribution in [0.2, 0.25) is 0 Å². The Morgan fingerprint density at radius 1 is 1.47 bits per heavy atom. The predicted octanol–water partition coefficient (Wildman–Crippen LogP) is 3.48. The van der Waals surface area contributed by atoms with Gasteiger partial charge in [-0.1, -0.05) is 6.07 Å². The van der Waals surface area contributed by atoms with Crippen LogP contribution in [-0.4, -0.2) is 9.91 Å². The van der Waals surface area contributed by atoms with Gasteiger partial charge in [-0.15, -0.1) is 11.3 Å². The van der Waals surface area contributed by atoms with Crippen LogP contribution in [0.25, 0.3) is 10.6 Å². The lowest BCUT2D eigenvalue weighted by atomic mass is 10.2. The van der Waals surface area contributed by atoms with E-state index in [1.807, 2.05) is 0 Å². The number of nitro benzene ring substituents is 1. The molecule has 1 heterocycles. The van der Waals surface area contributed by atoms with E-state index in [0.717, 1.165) is 0 Å². The first-order chi connectivity index (χ1) is 7.20. The fourth-order valence-corrected chi connectivity index (χ4v) is 2.60. The molecule has 0 aliphatic heterocycles. The third kappa shape index (κ3) is 1.91. The van der Waals surface area contributed by atoms with Crippen molar-refractivity contribution in [1.82, 2.24) is 4.98 Å². The van der Waals surface area contributed by atoms with Gasteiger partial charge in [0.1, 0.15) is 10.6 Å². The average molecular weight is 285 g/mol. The first-order valence-electron chi connectivity index (χ1n) is 4.03. The molecule has 0 atom stereocenters. The Labute approximate surface area is 97.9 Å². The highest BCUT2D eigenvalue weighted by Gasteiger charge is 2.19. The zero-order valence-electron chi connectivity index (χ0n) is 7.38. The van der Waals surface area contributed by atoms with Crippen LogP contribution in [0.4, 0.5) is 5.69 Å². The molecule has 15 heavy (non-hydrogen) atoms. The topological polar surface area (TPSA) is 56.0 Å². The molecule has 0 saturated heterocycles. The Kier molecular flexibility index (Phi) is 2.79. The molecular formula is C9H5BrN2O2S. The van der Waals surface area contributed by atoms with E-state index in [9.17, 15) is 10.1 Å². The summed E-state index contributed by atoms with van der Waals surface area (Å²) in [6.45, 7) is 0. The number of hydrogen-bond acceptors (Lipinski definition) is 4. The van der Waals surface area contributed by atoms with E-state index in [1.54, 1.807) is 23.7 Å². The highest BCUT2D eigenvalue weighted by atomic mass is 79.9. The van der Waals surface area contributed by atoms with Gasteiger partial charge in [0, 0.05) is 22.1 Å². The van der Waals surface area contributed by atoms with E-state index in [2.05, 4.69) is 20.9 Å². The largest absolute Gasteiger partial charge is 0.280 e. The molecule has 0 N–H and O–H groups in total. The maximum atomic E-state index is 10.8. The maximum Gasteiger partial charge on any atom is 0.280 e. The number of benzene rings is 1. The molecule has 0 fully saturated rings. The number of halogens is 1. The summed E-state index contributed by atoms with van der Waals surface area (Å²) in [7, 11) is 0. The Hall–Kier alpha value is -1.27. The summed E-state index contributed by atoms with van der Waals surface area (Å²) >= 11 is 4.68. The van der Waals surface area contributed by atoms with Crippen LogP contribution in [0.5, 0.6) is 0 Å². The Morgan fingerprint density at radius 3 is 2.87 bits per heavy atom. The Balaban J connectivity index is 2.68. The van der Waals surface area contributed by atoms with Crippen LogP contribution < -0.4 is 0 Å². The van der Waals surface area contributed by atoms with Gasteiger partial charge in [-0.3, -0.25) is 10.1 Å². The summed E-state index contributed by atoms with van der Waals surface area (Å²) < 4.78 is 0.687. The highest BCUT2D eigenvalue weighted by molar-refractivity contribution is 9.10. The molecule has 6 heteroatoms. The number of hydrogen-bond donors (Lipinski definition) is 0. The second-order valence-electron chi connectivity index (χ2n) is 2.73. The molecular weight excluding hydrogens is 280 g/mol. The van der Waals surface area contributed by atoms with E-state index >= 15 is 0 Å². The predicted molar refractivity (Wildman–Crippen MR) is 61.9 cm³/mol. The lowest BCUT2D eigenvalue weighted by Crippen LogP contribution is -1.92. The van der Waals surface area contributed by atoms with Crippen molar-refractivity contribution in [2.45, 2.75) is 0 Å². The fourth-order valence-electron chi connectivity index (χ4n) is 1.22. The molecule has 1 aromatic carbocycles. The Morgan fingerprint density at radius 2 is 2.27 bits per heavy atom. The van der Waals surface area contributed by atoms with Crippen LogP contribution >= 0.6 is 27.3 Å². The van der Waals surface area contributed by atoms with Crippen LogP contribution in [0.3, 0.4) is 0 Å². The zero-order valence-corrected chi connectivity index (χ0v) is 9.79. The van der Waals surface area contributed by atoms with Crippen molar-refractivity contribution in [3.8, 4) is 10.6 Å². The quantitative estimate of drug-likeness (QED) is 0.627. The number of aromatic nitrogens is 1. The molecule has 1 aromatic heterocycles. The van der Waals surface area contributed by atoms with Crippen LogP contribution in [0.1, 0.15) is 0 Å². The fraction of sp³-hybridized carbons (Fsp3) is 0. The van der Waals surface area contributed by atoms with Crippen LogP contribution in [0, 0.1) is 10.1 Å². The van der Waals surface area contributed by atoms with Gasteiger partial charge in [-0.2, -0.15) is 0 Å². The molecule has 2 aromatic rings. The summed E-state index contributed by atoms with van der Waals surface area (Å²) in [6, 6.07) is 4.88. The minimum absolute atomic E-state index is 0.0688. The number of rotatable bonds is 2. The average Bonchev–Trinajstić information content (AvgIpc) is 2.70. The van der Waals surface area contributed by atoms with Crippen molar-refractivity contribution in [2.24, 2.45) is 0 Å². The molecule has 4 nitrogen and oxygen atoms in total. The normalized spacial score (nSPS) is 10.2. The maximum absolute atomic E-state index is 10.8. The highest BCUT2D eigenvalue weighted by Crippen LogP contribution is 2.37. The standard InChI is InChI=1S/C9H5BrN2O2S/c10-6-2-1-3-7(12(13)14)8(6)9-11-4-5-15-9/h1-5H. The molecule has 0 bridgehead atoms. The van der Waals surface area contributed by atoms with Crippen molar-refractivity contribution in [2.75, 3.05) is 0 Å². The summed E-state index contributed by atoms with van der Waals surface area (Å²) in [5.74, 6) is 0. The monoisotopic (exact) mass is 284 g/mol. The molecule has 2 rings (SSSR count). The summed E-state index contributed by atoms with van der Waals surface area (Å²) in [6.07, 6.45) is 1.63. The summed E-state index contributed by atoms with van der Waals surface area (Å²) in [4.78, 5) is 14.5. The number of thiazole rings is 1. The lowest BCUT2D eigenvalue weighted by molar-refractivity contribution is -0.384. The lowest BCUT2D eigenvalue weighted by Gasteiger charge is -2.01. The van der Waals surface area contributed by atoms with Crippen molar-refractivity contribution in [3.05, 3.63) is 44.4 Å². The van der Waals surface area contributed by atoms with E-state index < -0.39 is 4.92 Å². The smallest absolute Gasteiger partial charge is 0.258 e. The minimum atomic E-state index is -0.401. The van der Waals surface area contributed by atoms with Crippen LogP contribution in [0.15, 0.2) is 34.2 Å². The van der Waals surface area contributed by atoms with Gasteiger partial charge < -0.3 is 0 Å². The number of nitro groups is 1. The van der Waals surface area contributed by atoms with Gasteiger partial charge in [-0.25, -0.2) is 4.98 Å². The summed E-state index contributed by atoms with van der Waals surface area (Å²) in [5.41, 5.74) is 0.608. The van der Waals surface area contributed by atoms with Gasteiger partial charge in [0.15, 0.2) is 0 Å². The second-order valence-corrected chi connectivity index (χ2v) is 4.48. The van der Waals surface area contributed by atoms with Gasteiger partial charge in [0.25, 0.3) is 5.69 Å². The molecule has 0 radical (unpaired) electrons. The van der Waals surface area contributed by atoms with Crippen molar-refractivity contribution in [1.29, 1.82) is 0 Å². The van der Waals surface area contributed by atoms with E-state index in [0.29, 0.717) is 15.0 Å². The minimum Gasteiger partial charge on any atom is -0.258 e. The van der Waals surface area contributed by atoms with E-state index in [-0.39, 0.29) is 5.69 Å². The van der Waals surface area contributed by atoms with Gasteiger partial charge in [0.2, 0.25) is 0 Å². The van der Waals surface area contributed by atoms with Gasteiger partial charge in [-0.05, 0) is 22.0 Å². The van der Waals surface area contributed by atoms with Crippen molar-refractivity contribution in [3.63, 3.8) is 0 Å². The van der Waals surface area contributed by atoms with E-state index in [1.165, 1.54) is 17.4 Å². The zero-order chi connectivity index (χ0) is 10.8. The van der Waals surface area contributed by atoms with Gasteiger partial charge >= 0.3 is 0 Å². The van der Waals surface area contributed by atoms with Gasteiger partial charge in [0.05, 0.1) is 4.92 Å². The second kappa shape index (κ2) is 4.08. The first-order valence-corrected chi connectivity index (χ1v) is 5.70. The Bertz CT molecular complexity index is 499. The molecule has 0 saturated carbocycles. The van der Waals surface area contributed by atoms with E-state index in [4.69, 9.17) is 0 Å². The summed E-state index contributed by atoms with van der Waals surface area (Å²) in [5, 5.41) is 13.3. The molecule has 0 unspecified atom stereocenters. The first kappa shape index (κ1) is 10.3. The SMILES string of the molecule is O=[N+]([O-])c1cccc(Br)c1-c1nccs1. The number of nitrogens with zero attached hydrogens (tertiary/aromatic N) is 2. The van der Waals surface area contributed by atoms with Crippen molar-refractivity contribution < 1.29 is 4.92 Å². The molecule has 0 amide bonds. The third-order valence-electron chi connectivity index (χ3n) is 1.83.